The van der Waals surface area contributed by atoms with Crippen LogP contribution in [0.3, 0.4) is 0 Å². The van der Waals surface area contributed by atoms with Gasteiger partial charge in [-0.15, -0.1) is 0 Å². The molecular weight excluding hydrogens is 455 g/mol. The molecule has 2 rings (SSSR count). The van der Waals surface area contributed by atoms with Crippen molar-refractivity contribution >= 4 is 40.2 Å². The highest BCUT2D eigenvalue weighted by molar-refractivity contribution is 14.1. The summed E-state index contributed by atoms with van der Waals surface area (Å²) in [5.41, 5.74) is 8.97. The lowest BCUT2D eigenvalue weighted by molar-refractivity contribution is -0.143. The number of esters is 1. The summed E-state index contributed by atoms with van der Waals surface area (Å²) in [6.07, 6.45) is 0.0695. The fraction of sp³-hybridized carbons (Fsp3) is 0.333. The predicted octanol–water partition coefficient (Wildman–Crippen LogP) is 4.42. The van der Waals surface area contributed by atoms with Crippen LogP contribution in [0.2, 0.25) is 0 Å². The number of nitrogen functional groups attached to an aromatic ring is 1. The molecule has 1 atom stereocenters. The lowest BCUT2D eigenvalue weighted by Crippen LogP contribution is -2.31. The molecule has 0 heterocycles. The molecule has 27 heavy (non-hydrogen) atoms. The first kappa shape index (κ1) is 21.2. The molecule has 1 amide bonds. The molecule has 5 nitrogen and oxygen atoms in total. The van der Waals surface area contributed by atoms with E-state index in [9.17, 15) is 9.59 Å². The van der Waals surface area contributed by atoms with Gasteiger partial charge in [0.05, 0.1) is 19.1 Å². The van der Waals surface area contributed by atoms with Gasteiger partial charge in [-0.2, -0.15) is 0 Å². The number of carbonyl (C=O) groups excluding carboxylic acids is 2. The number of carbonyl (C=O) groups is 2. The van der Waals surface area contributed by atoms with Gasteiger partial charge in [-0.25, -0.2) is 0 Å². The molecule has 6 heteroatoms. The lowest BCUT2D eigenvalue weighted by Gasteiger charge is -2.21. The summed E-state index contributed by atoms with van der Waals surface area (Å²) in [4.78, 5) is 25.1. The van der Waals surface area contributed by atoms with Crippen LogP contribution in [0.1, 0.15) is 60.6 Å². The summed E-state index contributed by atoms with van der Waals surface area (Å²) >= 11 is 2.15. The third kappa shape index (κ3) is 5.69. The van der Waals surface area contributed by atoms with E-state index in [4.69, 9.17) is 10.5 Å². The Bertz CT molecular complexity index is 807. The molecule has 0 aliphatic rings. The van der Waals surface area contributed by atoms with Crippen molar-refractivity contribution in [2.24, 2.45) is 0 Å². The highest BCUT2D eigenvalue weighted by atomic mass is 127. The van der Waals surface area contributed by atoms with Gasteiger partial charge in [0.1, 0.15) is 0 Å². The van der Waals surface area contributed by atoms with Crippen LogP contribution in [0.25, 0.3) is 0 Å². The standard InChI is InChI=1S/C21H25IN2O3/c1-4-27-19(25)12-18(14-8-6-5-7-9-14)24-21(26)16-10-15(22)11-17(23)20(16)13(2)3/h5-11,13,18H,4,12,23H2,1-3H3,(H,24,26). The summed E-state index contributed by atoms with van der Waals surface area (Å²) in [5.74, 6) is -0.497. The van der Waals surface area contributed by atoms with E-state index in [1.54, 1.807) is 6.92 Å². The van der Waals surface area contributed by atoms with Crippen LogP contribution in [-0.2, 0) is 9.53 Å². The predicted molar refractivity (Wildman–Crippen MR) is 116 cm³/mol. The number of nitrogens with two attached hydrogens (primary N) is 1. The van der Waals surface area contributed by atoms with Gasteiger partial charge < -0.3 is 15.8 Å². The fourth-order valence-electron chi connectivity index (χ4n) is 3.03. The SMILES string of the molecule is CCOC(=O)CC(NC(=O)c1cc(I)cc(N)c1C(C)C)c1ccccc1. The molecule has 0 radical (unpaired) electrons. The first-order valence-electron chi connectivity index (χ1n) is 8.93. The Morgan fingerprint density at radius 1 is 1.19 bits per heavy atom. The largest absolute Gasteiger partial charge is 0.466 e. The molecule has 2 aromatic carbocycles. The van der Waals surface area contributed by atoms with Crippen LogP contribution in [-0.4, -0.2) is 18.5 Å². The second kappa shape index (κ2) is 9.73. The average molecular weight is 480 g/mol. The van der Waals surface area contributed by atoms with Crippen LogP contribution < -0.4 is 11.1 Å². The van der Waals surface area contributed by atoms with Gasteiger partial charge in [-0.3, -0.25) is 9.59 Å². The molecule has 0 saturated carbocycles. The molecule has 2 aromatic rings. The average Bonchev–Trinajstić information content (AvgIpc) is 2.61. The van der Waals surface area contributed by atoms with Gasteiger partial charge in [0.25, 0.3) is 5.91 Å². The van der Waals surface area contributed by atoms with Crippen molar-refractivity contribution in [3.63, 3.8) is 0 Å². The maximum Gasteiger partial charge on any atom is 0.308 e. The Hall–Kier alpha value is -2.09. The summed E-state index contributed by atoms with van der Waals surface area (Å²) in [6.45, 7) is 6.07. The smallest absolute Gasteiger partial charge is 0.308 e. The lowest BCUT2D eigenvalue weighted by atomic mass is 9.94. The van der Waals surface area contributed by atoms with E-state index in [0.29, 0.717) is 17.9 Å². The number of ether oxygens (including phenoxy) is 1. The first-order chi connectivity index (χ1) is 12.8. The maximum atomic E-state index is 13.1. The number of hydrogen-bond acceptors (Lipinski definition) is 4. The minimum absolute atomic E-state index is 0.0695. The number of halogens is 1. The molecule has 0 aliphatic heterocycles. The van der Waals surface area contributed by atoms with Crippen molar-refractivity contribution in [1.82, 2.24) is 5.32 Å². The first-order valence-corrected chi connectivity index (χ1v) is 10.0. The molecule has 3 N–H and O–H groups in total. The third-order valence-corrected chi connectivity index (χ3v) is 4.80. The number of hydrogen-bond donors (Lipinski definition) is 2. The Morgan fingerprint density at radius 3 is 2.44 bits per heavy atom. The van der Waals surface area contributed by atoms with E-state index in [1.807, 2.05) is 56.3 Å². The molecule has 0 saturated heterocycles. The molecule has 0 bridgehead atoms. The minimum atomic E-state index is -0.475. The van der Waals surface area contributed by atoms with Crippen LogP contribution in [0, 0.1) is 3.57 Å². The van der Waals surface area contributed by atoms with Crippen molar-refractivity contribution in [1.29, 1.82) is 0 Å². The molecule has 0 fully saturated rings. The van der Waals surface area contributed by atoms with E-state index >= 15 is 0 Å². The van der Waals surface area contributed by atoms with Crippen molar-refractivity contribution in [2.45, 2.75) is 39.2 Å². The van der Waals surface area contributed by atoms with Gasteiger partial charge in [0.15, 0.2) is 0 Å². The van der Waals surface area contributed by atoms with E-state index in [1.165, 1.54) is 0 Å². The van der Waals surface area contributed by atoms with Gasteiger partial charge in [0.2, 0.25) is 0 Å². The second-order valence-corrected chi connectivity index (χ2v) is 7.80. The zero-order valence-electron chi connectivity index (χ0n) is 15.8. The van der Waals surface area contributed by atoms with E-state index < -0.39 is 6.04 Å². The van der Waals surface area contributed by atoms with E-state index in [-0.39, 0.29) is 24.2 Å². The minimum Gasteiger partial charge on any atom is -0.466 e. The van der Waals surface area contributed by atoms with E-state index in [2.05, 4.69) is 27.9 Å². The summed E-state index contributed by atoms with van der Waals surface area (Å²) in [5, 5.41) is 2.99. The van der Waals surface area contributed by atoms with Crippen LogP contribution in [0.15, 0.2) is 42.5 Å². The number of nitrogens with one attached hydrogen (secondary N) is 1. The Kier molecular flexibility index (Phi) is 7.65. The summed E-state index contributed by atoms with van der Waals surface area (Å²) < 4.78 is 5.96. The molecule has 144 valence electrons. The molecule has 0 aliphatic carbocycles. The zero-order chi connectivity index (χ0) is 20.0. The van der Waals surface area contributed by atoms with Crippen molar-refractivity contribution in [2.75, 3.05) is 12.3 Å². The number of amides is 1. The fourth-order valence-corrected chi connectivity index (χ4v) is 3.68. The number of rotatable bonds is 7. The molecule has 1 unspecified atom stereocenters. The Balaban J connectivity index is 2.35. The van der Waals surface area contributed by atoms with Gasteiger partial charge in [-0.1, -0.05) is 44.2 Å². The van der Waals surface area contributed by atoms with Crippen molar-refractivity contribution in [3.8, 4) is 0 Å². The highest BCUT2D eigenvalue weighted by Gasteiger charge is 2.23. The Morgan fingerprint density at radius 2 is 1.85 bits per heavy atom. The van der Waals surface area contributed by atoms with Gasteiger partial charge >= 0.3 is 5.97 Å². The van der Waals surface area contributed by atoms with E-state index in [0.717, 1.165) is 14.7 Å². The maximum absolute atomic E-state index is 13.1. The van der Waals surface area contributed by atoms with Gasteiger partial charge in [0, 0.05) is 14.8 Å². The highest BCUT2D eigenvalue weighted by Crippen LogP contribution is 2.29. The summed E-state index contributed by atoms with van der Waals surface area (Å²) in [6, 6.07) is 12.6. The quantitative estimate of drug-likeness (QED) is 0.349. The van der Waals surface area contributed by atoms with Crippen molar-refractivity contribution < 1.29 is 14.3 Å². The van der Waals surface area contributed by atoms with Crippen molar-refractivity contribution in [3.05, 3.63) is 62.7 Å². The van der Waals surface area contributed by atoms with Crippen LogP contribution in [0.4, 0.5) is 5.69 Å². The number of benzene rings is 2. The third-order valence-electron chi connectivity index (χ3n) is 4.18. The summed E-state index contributed by atoms with van der Waals surface area (Å²) in [7, 11) is 0. The van der Waals surface area contributed by atoms with Crippen LogP contribution in [0.5, 0.6) is 0 Å². The van der Waals surface area contributed by atoms with Crippen LogP contribution >= 0.6 is 22.6 Å². The molecule has 0 aromatic heterocycles. The zero-order valence-corrected chi connectivity index (χ0v) is 17.9. The molecular formula is C21H25IN2O3. The second-order valence-electron chi connectivity index (χ2n) is 6.56. The normalized spacial score (nSPS) is 11.9. The topological polar surface area (TPSA) is 81.4 Å². The Labute approximate surface area is 173 Å². The van der Waals surface area contributed by atoms with Gasteiger partial charge in [-0.05, 0) is 58.7 Å². The number of anilines is 1. The molecule has 0 spiro atoms. The monoisotopic (exact) mass is 480 g/mol.